The molecule has 3 rings (SSSR count). The Morgan fingerprint density at radius 1 is 1.26 bits per heavy atom. The van der Waals surface area contributed by atoms with E-state index in [-0.39, 0.29) is 6.03 Å². The van der Waals surface area contributed by atoms with Crippen LogP contribution in [-0.2, 0) is 13.0 Å². The first-order valence-electron chi connectivity index (χ1n) is 7.84. The molecule has 0 saturated heterocycles. The number of hydrogen-bond acceptors (Lipinski definition) is 3. The molecule has 5 heteroatoms. The van der Waals surface area contributed by atoms with Gasteiger partial charge in [0.25, 0.3) is 0 Å². The molecule has 0 fully saturated rings. The summed E-state index contributed by atoms with van der Waals surface area (Å²) >= 11 is 0. The number of carbonyl (C=O) groups is 1. The van der Waals surface area contributed by atoms with Gasteiger partial charge in [0, 0.05) is 24.9 Å². The summed E-state index contributed by atoms with van der Waals surface area (Å²) in [5, 5.41) is 11.4. The minimum absolute atomic E-state index is 0.130. The second kappa shape index (κ2) is 7.01. The van der Waals surface area contributed by atoms with Crippen molar-refractivity contribution in [2.45, 2.75) is 32.2 Å². The summed E-state index contributed by atoms with van der Waals surface area (Å²) in [6.45, 7) is 1.22. The van der Waals surface area contributed by atoms with Crippen LogP contribution in [0.25, 0.3) is 0 Å². The molecule has 1 aromatic carbocycles. The van der Waals surface area contributed by atoms with Crippen LogP contribution < -0.4 is 5.32 Å². The molecule has 0 bridgehead atoms. The van der Waals surface area contributed by atoms with Crippen LogP contribution in [0.4, 0.5) is 10.7 Å². The Balaban J connectivity index is 1.64. The van der Waals surface area contributed by atoms with Crippen molar-refractivity contribution in [3.8, 4) is 6.07 Å². The normalized spacial score (nSPS) is 13.3. The molecular weight excluding hydrogens is 290 g/mol. The Morgan fingerprint density at radius 3 is 2.87 bits per heavy atom. The van der Waals surface area contributed by atoms with E-state index in [1.807, 2.05) is 24.3 Å². The molecule has 0 radical (unpaired) electrons. The van der Waals surface area contributed by atoms with Gasteiger partial charge in [0.2, 0.25) is 5.88 Å². The van der Waals surface area contributed by atoms with Crippen LogP contribution in [0.2, 0.25) is 0 Å². The summed E-state index contributed by atoms with van der Waals surface area (Å²) in [4.78, 5) is 13.8. The molecule has 1 aromatic heterocycles. The quantitative estimate of drug-likeness (QED) is 0.822. The number of benzene rings is 1. The monoisotopic (exact) mass is 309 g/mol. The molecule has 5 nitrogen and oxygen atoms in total. The molecule has 1 aliphatic heterocycles. The lowest BCUT2D eigenvalue weighted by Crippen LogP contribution is -2.38. The summed E-state index contributed by atoms with van der Waals surface area (Å²) in [5.41, 5.74) is 2.19. The largest absolute Gasteiger partial charge is 0.445 e. The molecule has 2 heterocycles. The van der Waals surface area contributed by atoms with Crippen molar-refractivity contribution >= 4 is 11.9 Å². The van der Waals surface area contributed by atoms with E-state index >= 15 is 0 Å². The summed E-state index contributed by atoms with van der Waals surface area (Å²) in [5.74, 6) is 1.42. The number of urea groups is 1. The van der Waals surface area contributed by atoms with E-state index in [4.69, 9.17) is 9.68 Å². The third kappa shape index (κ3) is 3.72. The highest BCUT2D eigenvalue weighted by Gasteiger charge is 2.25. The van der Waals surface area contributed by atoms with Gasteiger partial charge in [0.1, 0.15) is 5.76 Å². The van der Waals surface area contributed by atoms with Crippen molar-refractivity contribution in [3.05, 3.63) is 53.3 Å². The van der Waals surface area contributed by atoms with E-state index in [9.17, 15) is 4.79 Å². The minimum atomic E-state index is -0.130. The van der Waals surface area contributed by atoms with Gasteiger partial charge in [0.15, 0.2) is 0 Å². The fourth-order valence-corrected chi connectivity index (χ4v) is 2.73. The number of furan rings is 1. The van der Waals surface area contributed by atoms with Gasteiger partial charge in [-0.2, -0.15) is 5.26 Å². The zero-order valence-corrected chi connectivity index (χ0v) is 12.9. The van der Waals surface area contributed by atoms with E-state index < -0.39 is 0 Å². The third-order valence-corrected chi connectivity index (χ3v) is 3.92. The summed E-state index contributed by atoms with van der Waals surface area (Å²) in [7, 11) is 0. The molecule has 1 N–H and O–H groups in total. The molecule has 2 amide bonds. The Labute approximate surface area is 135 Å². The zero-order chi connectivity index (χ0) is 16.1. The van der Waals surface area contributed by atoms with Gasteiger partial charge < -0.3 is 9.32 Å². The number of nitriles is 1. The van der Waals surface area contributed by atoms with Crippen molar-refractivity contribution in [1.82, 2.24) is 4.90 Å². The van der Waals surface area contributed by atoms with Gasteiger partial charge in [-0.05, 0) is 24.5 Å². The number of fused-ring (bicyclic) bond motifs is 1. The van der Waals surface area contributed by atoms with Crippen LogP contribution in [0.3, 0.4) is 0 Å². The predicted octanol–water partition coefficient (Wildman–Crippen LogP) is 3.91. The minimum Gasteiger partial charge on any atom is -0.445 e. The summed E-state index contributed by atoms with van der Waals surface area (Å²) < 4.78 is 5.77. The first-order chi connectivity index (χ1) is 11.3. The number of carbonyl (C=O) groups excluding carboxylic acids is 1. The lowest BCUT2D eigenvalue weighted by Gasteiger charge is -2.26. The predicted molar refractivity (Wildman–Crippen MR) is 86.8 cm³/mol. The van der Waals surface area contributed by atoms with Crippen molar-refractivity contribution < 1.29 is 9.21 Å². The molecule has 1 aliphatic rings. The van der Waals surface area contributed by atoms with Crippen LogP contribution in [-0.4, -0.2) is 17.5 Å². The first-order valence-corrected chi connectivity index (χ1v) is 7.84. The maximum Gasteiger partial charge on any atom is 0.324 e. The summed E-state index contributed by atoms with van der Waals surface area (Å²) in [6.07, 6.45) is 2.91. The topological polar surface area (TPSA) is 69.3 Å². The Hall–Kier alpha value is -2.74. The highest BCUT2D eigenvalue weighted by atomic mass is 16.4. The molecule has 0 aliphatic carbocycles. The number of nitrogens with zero attached hydrogens (tertiary/aromatic N) is 2. The second-order valence-electron chi connectivity index (χ2n) is 5.70. The Morgan fingerprint density at radius 2 is 2.09 bits per heavy atom. The lowest BCUT2D eigenvalue weighted by molar-refractivity contribution is 0.204. The maximum absolute atomic E-state index is 12.1. The fourth-order valence-electron chi connectivity index (χ4n) is 2.73. The smallest absolute Gasteiger partial charge is 0.324 e. The Bertz CT molecular complexity index is 716. The molecule has 23 heavy (non-hydrogen) atoms. The SMILES string of the molecule is N#CCCCCN1Cc2cc(Cc3ccccc3)oc2NC1=O. The van der Waals surface area contributed by atoms with Gasteiger partial charge in [-0.1, -0.05) is 30.3 Å². The van der Waals surface area contributed by atoms with E-state index in [1.54, 1.807) is 4.90 Å². The summed E-state index contributed by atoms with van der Waals surface area (Å²) in [6, 6.07) is 14.1. The zero-order valence-electron chi connectivity index (χ0n) is 12.9. The van der Waals surface area contributed by atoms with Gasteiger partial charge in [-0.3, -0.25) is 5.32 Å². The average Bonchev–Trinajstić information content (AvgIpc) is 2.93. The van der Waals surface area contributed by atoms with E-state index in [1.165, 1.54) is 5.56 Å². The van der Waals surface area contributed by atoms with Gasteiger partial charge in [-0.25, -0.2) is 4.79 Å². The standard InChI is InChI=1S/C18H19N3O2/c19-9-5-2-6-10-21-13-15-12-16(23-17(15)20-18(21)22)11-14-7-3-1-4-8-14/h1,3-4,7-8,12H,2,5-6,10-11,13H2,(H,20,22). The maximum atomic E-state index is 12.1. The number of nitrogens with one attached hydrogen (secondary N) is 1. The molecule has 118 valence electrons. The van der Waals surface area contributed by atoms with Gasteiger partial charge in [0.05, 0.1) is 12.6 Å². The average molecular weight is 309 g/mol. The second-order valence-corrected chi connectivity index (χ2v) is 5.70. The van der Waals surface area contributed by atoms with Crippen LogP contribution in [0.5, 0.6) is 0 Å². The van der Waals surface area contributed by atoms with Crippen molar-refractivity contribution in [1.29, 1.82) is 5.26 Å². The van der Waals surface area contributed by atoms with Crippen LogP contribution in [0, 0.1) is 11.3 Å². The van der Waals surface area contributed by atoms with Gasteiger partial charge in [-0.15, -0.1) is 0 Å². The van der Waals surface area contributed by atoms with Crippen LogP contribution in [0.15, 0.2) is 40.8 Å². The van der Waals surface area contributed by atoms with Crippen LogP contribution in [0.1, 0.15) is 36.1 Å². The highest BCUT2D eigenvalue weighted by Crippen LogP contribution is 2.28. The van der Waals surface area contributed by atoms with E-state index in [0.717, 1.165) is 24.2 Å². The molecule has 0 unspecified atom stereocenters. The van der Waals surface area contributed by atoms with E-state index in [2.05, 4.69) is 23.5 Å². The number of anilines is 1. The van der Waals surface area contributed by atoms with Crippen LogP contribution >= 0.6 is 0 Å². The number of hydrogen-bond donors (Lipinski definition) is 1. The lowest BCUT2D eigenvalue weighted by atomic mass is 10.1. The van der Waals surface area contributed by atoms with Crippen molar-refractivity contribution in [2.24, 2.45) is 0 Å². The van der Waals surface area contributed by atoms with E-state index in [0.29, 0.717) is 31.8 Å². The molecular formula is C18H19N3O2. The molecule has 0 atom stereocenters. The third-order valence-electron chi connectivity index (χ3n) is 3.92. The van der Waals surface area contributed by atoms with Crippen molar-refractivity contribution in [2.75, 3.05) is 11.9 Å². The molecule has 0 spiro atoms. The first kappa shape index (κ1) is 15.2. The van der Waals surface area contributed by atoms with Gasteiger partial charge >= 0.3 is 6.03 Å². The molecule has 0 saturated carbocycles. The highest BCUT2D eigenvalue weighted by molar-refractivity contribution is 5.90. The fraction of sp³-hybridized carbons (Fsp3) is 0.333. The Kier molecular flexibility index (Phi) is 4.62. The number of unbranched alkanes of at least 4 members (excludes halogenated alkanes) is 2. The number of rotatable bonds is 6. The van der Waals surface area contributed by atoms with Crippen molar-refractivity contribution in [3.63, 3.8) is 0 Å². The number of amides is 2. The molecule has 2 aromatic rings.